The number of hydrogen-bond acceptors (Lipinski definition) is 5. The molecule has 5 rings (SSSR count). The van der Waals surface area contributed by atoms with Crippen molar-refractivity contribution in [1.29, 1.82) is 0 Å². The van der Waals surface area contributed by atoms with Crippen molar-refractivity contribution < 1.29 is 41.1 Å². The number of fused-ring (bicyclic) bond motifs is 2. The Morgan fingerprint density at radius 3 is 2.31 bits per heavy atom. The fourth-order valence-electron chi connectivity index (χ4n) is 8.46. The number of nitrogens with one attached hydrogen (secondary N) is 1. The summed E-state index contributed by atoms with van der Waals surface area (Å²) in [5, 5.41) is 13.6. The number of nitrogens with zero attached hydrogens (tertiary/aromatic N) is 4. The molecule has 11 nitrogen and oxygen atoms in total. The molecule has 0 spiro atoms. The van der Waals surface area contributed by atoms with E-state index >= 15 is 0 Å². The van der Waals surface area contributed by atoms with Gasteiger partial charge in [-0.1, -0.05) is 93.8 Å². The van der Waals surface area contributed by atoms with Crippen molar-refractivity contribution in [3.8, 4) is 0 Å². The zero-order valence-corrected chi connectivity index (χ0v) is 41.2. The van der Waals surface area contributed by atoms with Crippen molar-refractivity contribution in [3.63, 3.8) is 0 Å². The zero-order valence-electron chi connectivity index (χ0n) is 36.6. The van der Waals surface area contributed by atoms with Gasteiger partial charge in [-0.05, 0) is 101 Å². The Bertz CT molecular complexity index is 2100. The van der Waals surface area contributed by atoms with Crippen LogP contribution < -0.4 is 10.2 Å². The summed E-state index contributed by atoms with van der Waals surface area (Å²) in [7, 11) is 2.19. The van der Waals surface area contributed by atoms with Gasteiger partial charge in [0.1, 0.15) is 6.54 Å². The molecule has 0 fully saturated rings. The van der Waals surface area contributed by atoms with Crippen LogP contribution in [0.3, 0.4) is 0 Å². The van der Waals surface area contributed by atoms with Crippen molar-refractivity contribution >= 4 is 60.0 Å². The first-order valence-corrected chi connectivity index (χ1v) is 25.5. The zero-order chi connectivity index (χ0) is 43.4. The van der Waals surface area contributed by atoms with Gasteiger partial charge in [0, 0.05) is 71.2 Å². The van der Waals surface area contributed by atoms with Gasteiger partial charge in [0.2, 0.25) is 11.6 Å². The molecular weight excluding hydrogens is 1010 g/mol. The second kappa shape index (κ2) is 24.7. The number of unbranched alkanes of at least 4 members (excludes halogenated alkanes) is 3. The Morgan fingerprint density at radius 1 is 0.951 bits per heavy atom. The fraction of sp³-hybridized carbons (Fsp3) is 0.500. The maximum absolute atomic E-state index is 12.5. The number of carbonyl (C=O) groups excluding carboxylic acids is 1. The van der Waals surface area contributed by atoms with E-state index in [1.165, 1.54) is 22.5 Å². The summed E-state index contributed by atoms with van der Waals surface area (Å²) in [5.74, 6) is 0.0207. The first-order chi connectivity index (χ1) is 28.1. The van der Waals surface area contributed by atoms with Crippen LogP contribution in [0, 0.1) is 0 Å². The molecule has 0 unspecified atom stereocenters. The van der Waals surface area contributed by atoms with Gasteiger partial charge < -0.3 is 37.4 Å². The third kappa shape index (κ3) is 13.9. The minimum Gasteiger partial charge on any atom is -0.693 e. The number of allylic oxidation sites excluding steroid dienone is 8. The monoisotopic (exact) mass is 1080 g/mol. The Hall–Kier alpha value is -3.09. The Labute approximate surface area is 386 Å². The molecule has 2 heterocycles. The number of amides is 1. The van der Waals surface area contributed by atoms with Crippen molar-refractivity contribution in [2.24, 2.45) is 0 Å². The standard InChI is InChI=1S/C46H62ClN5O4S.ClH.2H2N.Pt/c1-7-42(48)50(6)32-29-49-43(53)24-9-8-14-30-51-38-22-12-10-20-36(38)45(2,3)40(51)27-25-34-18-17-19-35(44(34)47)26-28-41-46(4,5)37-21-11-13-23-39(37)52(41)31-15-16-33-57(54,55)56;;;;/h10-13,20-23,25-28H,7-9,14-19,24,29-33H2,1-6H3,(H,49,53)(H,54,55,56);1H;2*1H2;/q;;2*-1;+1/p-2. The molecule has 0 aromatic heterocycles. The second-order valence-electron chi connectivity index (χ2n) is 16.6. The van der Waals surface area contributed by atoms with Gasteiger partial charge in [-0.3, -0.25) is 4.79 Å². The number of amidine groups is 1. The van der Waals surface area contributed by atoms with Crippen LogP contribution in [0.25, 0.3) is 17.7 Å². The molecule has 0 atom stereocenters. The molecular formula is C46H65Cl2N7O4PtS-3. The first-order valence-electron chi connectivity index (χ1n) is 20.7. The van der Waals surface area contributed by atoms with Crippen LogP contribution >= 0.6 is 21.0 Å². The van der Waals surface area contributed by atoms with Crippen molar-refractivity contribution in [2.75, 3.05) is 43.9 Å². The third-order valence-corrected chi connectivity index (χ3v) is 13.1. The number of likely N-dealkylation sites (N-methyl/N-ethyl adjacent to an activating group) is 1. The Balaban J connectivity index is 0.00000316. The maximum atomic E-state index is 12.5. The van der Waals surface area contributed by atoms with Gasteiger partial charge in [0.25, 0.3) is 0 Å². The molecule has 2 aromatic carbocycles. The molecule has 0 saturated heterocycles. The van der Waals surface area contributed by atoms with E-state index in [2.05, 4.69) is 119 Å². The quantitative estimate of drug-likeness (QED) is 0.0509. The molecule has 5 N–H and O–H groups in total. The van der Waals surface area contributed by atoms with Gasteiger partial charge in [-0.2, -0.15) is 4.58 Å². The van der Waals surface area contributed by atoms with Crippen molar-refractivity contribution in [2.45, 2.75) is 110 Å². The van der Waals surface area contributed by atoms with E-state index in [0.717, 1.165) is 72.6 Å². The van der Waals surface area contributed by atoms with Crippen LogP contribution in [-0.2, 0) is 44.5 Å². The van der Waals surface area contributed by atoms with Crippen LogP contribution in [0.5, 0.6) is 0 Å². The van der Waals surface area contributed by atoms with Crippen LogP contribution in [-0.4, -0.2) is 78.9 Å². The van der Waals surface area contributed by atoms with E-state index in [-0.39, 0.29) is 34.8 Å². The predicted molar refractivity (Wildman–Crippen MR) is 251 cm³/mol. The average Bonchev–Trinajstić information content (AvgIpc) is 3.56. The molecule has 0 bridgehead atoms. The topological polar surface area (TPSA) is 185 Å². The third-order valence-electron chi connectivity index (χ3n) is 11.8. The van der Waals surface area contributed by atoms with E-state index in [1.54, 1.807) is 23.7 Å². The molecule has 1 amide bonds. The van der Waals surface area contributed by atoms with E-state index in [9.17, 15) is 23.2 Å². The molecule has 0 saturated carbocycles. The maximum Gasteiger partial charge on any atom is -0.693 e. The molecule has 61 heavy (non-hydrogen) atoms. The van der Waals surface area contributed by atoms with Crippen molar-refractivity contribution in [3.05, 3.63) is 124 Å². The second-order valence-corrected chi connectivity index (χ2v) is 18.5. The van der Waals surface area contributed by atoms with E-state index in [1.807, 2.05) is 20.0 Å². The smallest absolute Gasteiger partial charge is 0.693 e. The van der Waals surface area contributed by atoms with Crippen LogP contribution in [0.15, 0.2) is 94.7 Å². The van der Waals surface area contributed by atoms with E-state index in [4.69, 9.17) is 11.6 Å². The minimum absolute atomic E-state index is 0. The predicted octanol–water partition coefficient (Wildman–Crippen LogP) is 11.3. The van der Waals surface area contributed by atoms with Crippen molar-refractivity contribution in [1.82, 2.24) is 10.2 Å². The fourth-order valence-corrected chi connectivity index (χ4v) is 9.33. The Morgan fingerprint density at radius 2 is 1.62 bits per heavy atom. The average molecular weight is 1080 g/mol. The van der Waals surface area contributed by atoms with Gasteiger partial charge in [-0.25, -0.2) is 8.42 Å². The summed E-state index contributed by atoms with van der Waals surface area (Å²) in [6.07, 6.45) is 16.3. The molecule has 0 radical (unpaired) electrons. The minimum atomic E-state index is -4.24. The number of hydrogen-bond donors (Lipinski definition) is 1. The number of benzene rings is 2. The summed E-state index contributed by atoms with van der Waals surface area (Å²) in [5.41, 5.74) is 8.98. The van der Waals surface area contributed by atoms with Gasteiger partial charge in [0.05, 0.1) is 15.5 Å². The molecule has 341 valence electrons. The summed E-state index contributed by atoms with van der Waals surface area (Å²) < 4.78 is 36.2. The largest absolute Gasteiger partial charge is 0.693 e. The van der Waals surface area contributed by atoms with Crippen LogP contribution in [0.2, 0.25) is 0 Å². The van der Waals surface area contributed by atoms with E-state index in [0.29, 0.717) is 51.2 Å². The summed E-state index contributed by atoms with van der Waals surface area (Å²) in [6, 6.07) is 17.0. The molecule has 1 aliphatic carbocycles. The SMILES string of the molecule is CCC(=[N-])N(C)CCNC(=O)CCCCC[N+]1=C(/C=C/C2=C(Cl)C(=C/C=C3/N(CCCCS(=O)(=O)[O-])c4ccccc4C3(C)C)/CCC2)C(C)(C)c2ccccc21.[Cl][Pt].[NH2-].[NH2-]. The van der Waals surface area contributed by atoms with Gasteiger partial charge in [-0.15, -0.1) is 0 Å². The number of anilines is 1. The summed E-state index contributed by atoms with van der Waals surface area (Å²) in [4.78, 5) is 16.5. The number of halogens is 2. The summed E-state index contributed by atoms with van der Waals surface area (Å²) >= 11 is 8.84. The molecule has 2 aliphatic heterocycles. The van der Waals surface area contributed by atoms with Gasteiger partial charge >= 0.3 is 28.2 Å². The van der Waals surface area contributed by atoms with Crippen LogP contribution in [0.4, 0.5) is 11.4 Å². The first kappa shape index (κ1) is 54.0. The normalized spacial score (nSPS) is 17.7. The molecule has 2 aromatic rings. The van der Waals surface area contributed by atoms with Crippen LogP contribution in [0.1, 0.15) is 110 Å². The number of para-hydroxylation sites is 2. The Kier molecular flexibility index (Phi) is 21.9. The van der Waals surface area contributed by atoms with Gasteiger partial charge in [0.15, 0.2) is 5.71 Å². The van der Waals surface area contributed by atoms with E-state index < -0.39 is 10.1 Å². The molecule has 15 heteroatoms. The summed E-state index contributed by atoms with van der Waals surface area (Å²) in [6.45, 7) is 13.5. The number of rotatable bonds is 18. The molecule has 3 aliphatic rings. The number of nitrogens with two attached hydrogens (primary N) is 2. The number of carbonyl (C=O) groups is 1.